The third kappa shape index (κ3) is 3.04. The molecule has 0 saturated carbocycles. The Bertz CT molecular complexity index is 1470. The predicted molar refractivity (Wildman–Crippen MR) is 124 cm³/mol. The smallest absolute Gasteiger partial charge is 0.204 e. The average molecular weight is 419 g/mol. The van der Waals surface area contributed by atoms with E-state index >= 15 is 0 Å². The lowest BCUT2D eigenvalue weighted by Crippen LogP contribution is -2.06. The molecule has 4 aromatic rings. The van der Waals surface area contributed by atoms with Crippen molar-refractivity contribution in [3.05, 3.63) is 99.5 Å². The maximum Gasteiger partial charge on any atom is 0.204 e. The van der Waals surface area contributed by atoms with E-state index in [1.165, 1.54) is 0 Å². The van der Waals surface area contributed by atoms with Gasteiger partial charge in [-0.15, -0.1) is 0 Å². The molecule has 0 aliphatic heterocycles. The molecule has 5 rings (SSSR count). The van der Waals surface area contributed by atoms with E-state index in [0.29, 0.717) is 12.1 Å². The van der Waals surface area contributed by atoms with Crippen LogP contribution in [-0.2, 0) is 13.0 Å². The molecule has 2 aromatic carbocycles. The van der Waals surface area contributed by atoms with Gasteiger partial charge >= 0.3 is 0 Å². The monoisotopic (exact) mass is 418 g/mol. The SMILES string of the molecule is CCc1nc2c(C)cc(C)nc2n1Cc1ccc(C2=C(C#N)C(=O)c3ccccc32)cc1. The molecule has 0 fully saturated rings. The van der Waals surface area contributed by atoms with Crippen molar-refractivity contribution in [3.8, 4) is 6.07 Å². The van der Waals surface area contributed by atoms with Crippen molar-refractivity contribution in [1.29, 1.82) is 5.26 Å². The van der Waals surface area contributed by atoms with Crippen LogP contribution in [0.15, 0.2) is 60.2 Å². The minimum atomic E-state index is -0.198. The number of nitrogens with zero attached hydrogens (tertiary/aromatic N) is 4. The summed E-state index contributed by atoms with van der Waals surface area (Å²) in [6, 6.07) is 19.7. The first-order valence-corrected chi connectivity index (χ1v) is 10.7. The molecule has 5 heteroatoms. The van der Waals surface area contributed by atoms with Gasteiger partial charge in [-0.2, -0.15) is 5.26 Å². The Balaban J connectivity index is 1.54. The van der Waals surface area contributed by atoms with Crippen LogP contribution < -0.4 is 0 Å². The van der Waals surface area contributed by atoms with Gasteiger partial charge in [-0.05, 0) is 42.2 Å². The molecule has 0 N–H and O–H groups in total. The quantitative estimate of drug-likeness (QED) is 0.458. The molecule has 0 spiro atoms. The van der Waals surface area contributed by atoms with E-state index in [-0.39, 0.29) is 11.4 Å². The van der Waals surface area contributed by atoms with E-state index in [2.05, 4.69) is 42.7 Å². The lowest BCUT2D eigenvalue weighted by molar-refractivity contribution is 0.104. The van der Waals surface area contributed by atoms with Crippen LogP contribution in [0.1, 0.15) is 51.1 Å². The molecule has 156 valence electrons. The molecule has 0 saturated heterocycles. The number of carbonyl (C=O) groups is 1. The summed E-state index contributed by atoms with van der Waals surface area (Å²) in [4.78, 5) is 22.2. The zero-order valence-electron chi connectivity index (χ0n) is 18.3. The van der Waals surface area contributed by atoms with Gasteiger partial charge in [0, 0.05) is 23.3 Å². The van der Waals surface area contributed by atoms with Crippen molar-refractivity contribution in [2.45, 2.75) is 33.7 Å². The average Bonchev–Trinajstić information content (AvgIpc) is 3.29. The van der Waals surface area contributed by atoms with Gasteiger partial charge in [-0.25, -0.2) is 9.97 Å². The maximum absolute atomic E-state index is 12.6. The van der Waals surface area contributed by atoms with Gasteiger partial charge in [0.15, 0.2) is 5.65 Å². The van der Waals surface area contributed by atoms with Crippen molar-refractivity contribution >= 4 is 22.5 Å². The molecular weight excluding hydrogens is 396 g/mol. The van der Waals surface area contributed by atoms with Crippen LogP contribution in [0.2, 0.25) is 0 Å². The largest absolute Gasteiger partial charge is 0.308 e. The van der Waals surface area contributed by atoms with Gasteiger partial charge < -0.3 is 4.57 Å². The highest BCUT2D eigenvalue weighted by molar-refractivity contribution is 6.25. The zero-order valence-corrected chi connectivity index (χ0v) is 18.3. The normalized spacial score (nSPS) is 13.0. The molecule has 0 bridgehead atoms. The van der Waals surface area contributed by atoms with E-state index in [1.54, 1.807) is 6.07 Å². The van der Waals surface area contributed by atoms with Gasteiger partial charge in [-0.3, -0.25) is 4.79 Å². The number of fused-ring (bicyclic) bond motifs is 2. The first-order valence-electron chi connectivity index (χ1n) is 10.7. The van der Waals surface area contributed by atoms with Crippen molar-refractivity contribution in [3.63, 3.8) is 0 Å². The standard InChI is InChI=1S/C27H22N4O/c1-4-23-30-25-16(2)13-17(3)29-27(25)31(23)15-18-9-11-19(12-10-18)24-20-7-5-6-8-21(20)26(32)22(24)14-28/h5-13H,4,15H2,1-3H3. The number of benzene rings is 2. The van der Waals surface area contributed by atoms with Gasteiger partial charge in [-0.1, -0.05) is 55.5 Å². The second kappa shape index (κ2) is 7.58. The fraction of sp³-hybridized carbons (Fsp3) is 0.185. The second-order valence-corrected chi connectivity index (χ2v) is 8.15. The molecule has 2 heterocycles. The van der Waals surface area contributed by atoms with E-state index in [0.717, 1.165) is 56.9 Å². The lowest BCUT2D eigenvalue weighted by atomic mass is 9.97. The second-order valence-electron chi connectivity index (χ2n) is 8.15. The van der Waals surface area contributed by atoms with Gasteiger partial charge in [0.05, 0.1) is 6.54 Å². The number of allylic oxidation sites excluding steroid dienone is 1. The van der Waals surface area contributed by atoms with Crippen molar-refractivity contribution in [1.82, 2.24) is 14.5 Å². The van der Waals surface area contributed by atoms with Crippen LogP contribution in [-0.4, -0.2) is 20.3 Å². The number of imidazole rings is 1. The van der Waals surface area contributed by atoms with Crippen molar-refractivity contribution in [2.75, 3.05) is 0 Å². The molecule has 0 radical (unpaired) electrons. The number of carbonyl (C=O) groups excluding carboxylic acids is 1. The van der Waals surface area contributed by atoms with Crippen LogP contribution >= 0.6 is 0 Å². The number of aromatic nitrogens is 3. The highest BCUT2D eigenvalue weighted by Gasteiger charge is 2.30. The number of pyridine rings is 1. The first-order chi connectivity index (χ1) is 15.5. The van der Waals surface area contributed by atoms with Crippen LogP contribution in [0.5, 0.6) is 0 Å². The minimum absolute atomic E-state index is 0.198. The Labute approximate surface area is 186 Å². The summed E-state index contributed by atoms with van der Waals surface area (Å²) in [6.45, 7) is 6.85. The predicted octanol–water partition coefficient (Wildman–Crippen LogP) is 5.18. The van der Waals surface area contributed by atoms with E-state index in [1.807, 2.05) is 37.3 Å². The fourth-order valence-electron chi connectivity index (χ4n) is 4.53. The summed E-state index contributed by atoms with van der Waals surface area (Å²) in [6.07, 6.45) is 0.824. The van der Waals surface area contributed by atoms with Crippen LogP contribution in [0.3, 0.4) is 0 Å². The van der Waals surface area contributed by atoms with Gasteiger partial charge in [0.25, 0.3) is 0 Å². The lowest BCUT2D eigenvalue weighted by Gasteiger charge is -2.10. The number of hydrogen-bond donors (Lipinski definition) is 0. The summed E-state index contributed by atoms with van der Waals surface area (Å²) in [7, 11) is 0. The number of aryl methyl sites for hydroxylation is 3. The molecule has 0 amide bonds. The van der Waals surface area contributed by atoms with Crippen LogP contribution in [0.4, 0.5) is 0 Å². The number of rotatable bonds is 4. The summed E-state index contributed by atoms with van der Waals surface area (Å²) < 4.78 is 2.18. The summed E-state index contributed by atoms with van der Waals surface area (Å²) in [5.74, 6) is 0.812. The van der Waals surface area contributed by atoms with E-state index in [9.17, 15) is 10.1 Å². The third-order valence-electron chi connectivity index (χ3n) is 6.03. The minimum Gasteiger partial charge on any atom is -0.308 e. The Morgan fingerprint density at radius 1 is 1.00 bits per heavy atom. The molecule has 0 atom stereocenters. The molecule has 2 aromatic heterocycles. The highest BCUT2D eigenvalue weighted by atomic mass is 16.1. The molecule has 1 aliphatic carbocycles. The fourth-order valence-corrected chi connectivity index (χ4v) is 4.53. The molecule has 32 heavy (non-hydrogen) atoms. The molecular formula is C27H22N4O. The van der Waals surface area contributed by atoms with Gasteiger partial charge in [0.2, 0.25) is 5.78 Å². The molecule has 5 nitrogen and oxygen atoms in total. The van der Waals surface area contributed by atoms with Crippen LogP contribution in [0, 0.1) is 25.2 Å². The highest BCUT2D eigenvalue weighted by Crippen LogP contribution is 2.37. The summed E-state index contributed by atoms with van der Waals surface area (Å²) >= 11 is 0. The van der Waals surface area contributed by atoms with E-state index in [4.69, 9.17) is 9.97 Å². The number of nitriles is 1. The third-order valence-corrected chi connectivity index (χ3v) is 6.03. The Morgan fingerprint density at radius 3 is 2.41 bits per heavy atom. The summed E-state index contributed by atoms with van der Waals surface area (Å²) in [5.41, 5.74) is 8.31. The Morgan fingerprint density at radius 2 is 1.72 bits per heavy atom. The summed E-state index contributed by atoms with van der Waals surface area (Å²) in [5, 5.41) is 9.62. The van der Waals surface area contributed by atoms with Gasteiger partial charge in [0.1, 0.15) is 23.0 Å². The zero-order chi connectivity index (χ0) is 22.4. The Hall–Kier alpha value is -4.04. The van der Waals surface area contributed by atoms with E-state index < -0.39 is 0 Å². The number of ketones is 1. The molecule has 1 aliphatic rings. The first kappa shape index (κ1) is 19.9. The molecule has 0 unspecified atom stereocenters. The number of hydrogen-bond acceptors (Lipinski definition) is 4. The Kier molecular flexibility index (Phi) is 4.71. The van der Waals surface area contributed by atoms with Crippen molar-refractivity contribution in [2.24, 2.45) is 0 Å². The van der Waals surface area contributed by atoms with Crippen LogP contribution in [0.25, 0.3) is 16.7 Å². The maximum atomic E-state index is 12.6. The topological polar surface area (TPSA) is 71.6 Å². The van der Waals surface area contributed by atoms with Crippen molar-refractivity contribution < 1.29 is 4.79 Å². The number of Topliss-reactive ketones (excluding diaryl/α,β-unsaturated/α-hetero) is 1.